The van der Waals surface area contributed by atoms with Gasteiger partial charge in [0.05, 0.1) is 45.1 Å². The second-order valence-electron chi connectivity index (χ2n) is 6.62. The van der Waals surface area contributed by atoms with Crippen LogP contribution in [0.5, 0.6) is 11.5 Å². The number of methoxy groups -OCH3 is 2. The third kappa shape index (κ3) is 4.28. The van der Waals surface area contributed by atoms with Crippen LogP contribution in [-0.4, -0.2) is 71.5 Å². The lowest BCUT2D eigenvalue weighted by Crippen LogP contribution is -2.39. The van der Waals surface area contributed by atoms with Crippen LogP contribution in [0.1, 0.15) is 27.3 Å². The Balaban J connectivity index is 1.85. The number of alkyl halides is 2. The van der Waals surface area contributed by atoms with Gasteiger partial charge < -0.3 is 19.7 Å². The maximum atomic E-state index is 14.2. The van der Waals surface area contributed by atoms with Gasteiger partial charge in [-0.25, -0.2) is 13.5 Å². The highest BCUT2D eigenvalue weighted by molar-refractivity contribution is 5.97. The van der Waals surface area contributed by atoms with Crippen LogP contribution in [0.2, 0.25) is 0 Å². The van der Waals surface area contributed by atoms with Crippen molar-refractivity contribution >= 4 is 11.8 Å². The number of aromatic nitrogens is 3. The van der Waals surface area contributed by atoms with Crippen LogP contribution in [0, 0.1) is 0 Å². The maximum absolute atomic E-state index is 14.2. The summed E-state index contributed by atoms with van der Waals surface area (Å²) in [5.74, 6) is -3.36. The average molecular weight is 409 g/mol. The third-order valence-electron chi connectivity index (χ3n) is 4.67. The van der Waals surface area contributed by atoms with E-state index in [2.05, 4.69) is 15.6 Å². The van der Waals surface area contributed by atoms with Crippen molar-refractivity contribution in [2.45, 2.75) is 24.9 Å². The molecule has 0 spiro atoms. The molecule has 1 saturated heterocycles. The summed E-state index contributed by atoms with van der Waals surface area (Å²) >= 11 is 0. The molecule has 1 aromatic carbocycles. The van der Waals surface area contributed by atoms with Gasteiger partial charge in [0.15, 0.2) is 5.69 Å². The number of rotatable bonds is 6. The standard InChI is InChI=1S/C18H21F2N5O4/c1-21-16(26)14-9-24(23-22-14)8-11-7-18(19,20)10-25(11)17(27)13-5-4-12(28-2)6-15(13)29-3/h4-6,9,11H,7-8,10H2,1-3H3,(H,21,26). The van der Waals surface area contributed by atoms with E-state index in [0.29, 0.717) is 5.75 Å². The highest BCUT2D eigenvalue weighted by atomic mass is 19.3. The number of ether oxygens (including phenoxy) is 2. The van der Waals surface area contributed by atoms with Gasteiger partial charge in [-0.3, -0.25) is 9.59 Å². The molecule has 1 aromatic heterocycles. The molecule has 1 fully saturated rings. The highest BCUT2D eigenvalue weighted by Gasteiger charge is 2.47. The van der Waals surface area contributed by atoms with Crippen LogP contribution in [0.25, 0.3) is 0 Å². The zero-order chi connectivity index (χ0) is 21.2. The SMILES string of the molecule is CNC(=O)c1cn(CC2CC(F)(F)CN2C(=O)c2ccc(OC)cc2OC)nn1. The Labute approximate surface area is 165 Å². The monoisotopic (exact) mass is 409 g/mol. The summed E-state index contributed by atoms with van der Waals surface area (Å²) in [4.78, 5) is 25.8. The van der Waals surface area contributed by atoms with E-state index >= 15 is 0 Å². The third-order valence-corrected chi connectivity index (χ3v) is 4.67. The lowest BCUT2D eigenvalue weighted by atomic mass is 10.1. The van der Waals surface area contributed by atoms with Gasteiger partial charge in [0, 0.05) is 19.5 Å². The molecule has 0 bridgehead atoms. The molecule has 0 radical (unpaired) electrons. The molecule has 1 unspecified atom stereocenters. The van der Waals surface area contributed by atoms with Gasteiger partial charge in [0.25, 0.3) is 17.7 Å². The van der Waals surface area contributed by atoms with Crippen molar-refractivity contribution < 1.29 is 27.8 Å². The summed E-state index contributed by atoms with van der Waals surface area (Å²) in [6.07, 6.45) is 0.832. The van der Waals surface area contributed by atoms with Gasteiger partial charge in [-0.05, 0) is 12.1 Å². The minimum Gasteiger partial charge on any atom is -0.497 e. The Morgan fingerprint density at radius 2 is 2.07 bits per heavy atom. The summed E-state index contributed by atoms with van der Waals surface area (Å²) in [6.45, 7) is -0.744. The van der Waals surface area contributed by atoms with Gasteiger partial charge in [-0.1, -0.05) is 5.21 Å². The van der Waals surface area contributed by atoms with Crippen LogP contribution in [0.4, 0.5) is 8.78 Å². The lowest BCUT2D eigenvalue weighted by molar-refractivity contribution is 0.0117. The predicted octanol–water partition coefficient (Wildman–Crippen LogP) is 1.20. The first-order valence-electron chi connectivity index (χ1n) is 8.81. The molecular formula is C18H21F2N5O4. The van der Waals surface area contributed by atoms with Crippen molar-refractivity contribution in [1.29, 1.82) is 0 Å². The van der Waals surface area contributed by atoms with Crippen molar-refractivity contribution in [3.63, 3.8) is 0 Å². The first-order chi connectivity index (χ1) is 13.8. The Kier molecular flexibility index (Phi) is 5.66. The molecular weight excluding hydrogens is 388 g/mol. The van der Waals surface area contributed by atoms with E-state index in [-0.39, 0.29) is 23.6 Å². The van der Waals surface area contributed by atoms with Crippen LogP contribution >= 0.6 is 0 Å². The number of benzene rings is 1. The number of likely N-dealkylation sites (tertiary alicyclic amines) is 1. The van der Waals surface area contributed by atoms with E-state index in [4.69, 9.17) is 9.47 Å². The number of carbonyl (C=O) groups is 2. The van der Waals surface area contributed by atoms with Gasteiger partial charge in [-0.15, -0.1) is 5.10 Å². The number of halogens is 2. The zero-order valence-electron chi connectivity index (χ0n) is 16.2. The molecule has 1 atom stereocenters. The molecule has 2 aromatic rings. The second kappa shape index (κ2) is 8.02. The summed E-state index contributed by atoms with van der Waals surface area (Å²) < 4.78 is 39.9. The number of carbonyl (C=O) groups excluding carboxylic acids is 2. The van der Waals surface area contributed by atoms with Crippen molar-refractivity contribution in [3.05, 3.63) is 35.7 Å². The summed E-state index contributed by atoms with van der Waals surface area (Å²) in [7, 11) is 4.30. The van der Waals surface area contributed by atoms with E-state index in [1.165, 1.54) is 44.3 Å². The number of nitrogens with zero attached hydrogens (tertiary/aromatic N) is 4. The first kappa shape index (κ1) is 20.5. The van der Waals surface area contributed by atoms with Crippen LogP contribution in [-0.2, 0) is 6.54 Å². The molecule has 0 aliphatic carbocycles. The van der Waals surface area contributed by atoms with Crippen molar-refractivity contribution in [3.8, 4) is 11.5 Å². The lowest BCUT2D eigenvalue weighted by Gasteiger charge is -2.24. The summed E-state index contributed by atoms with van der Waals surface area (Å²) in [6, 6.07) is 3.73. The maximum Gasteiger partial charge on any atom is 0.273 e. The smallest absolute Gasteiger partial charge is 0.273 e. The normalized spacial score (nSPS) is 17.8. The van der Waals surface area contributed by atoms with Crippen molar-refractivity contribution in [2.75, 3.05) is 27.8 Å². The average Bonchev–Trinajstić information content (AvgIpc) is 3.30. The Hall–Kier alpha value is -3.24. The van der Waals surface area contributed by atoms with Gasteiger partial charge in [0.2, 0.25) is 0 Å². The molecule has 156 valence electrons. The molecule has 2 amide bonds. The molecule has 29 heavy (non-hydrogen) atoms. The van der Waals surface area contributed by atoms with Gasteiger partial charge >= 0.3 is 0 Å². The molecule has 1 aliphatic heterocycles. The van der Waals surface area contributed by atoms with Gasteiger partial charge in [0.1, 0.15) is 11.5 Å². The van der Waals surface area contributed by atoms with E-state index in [1.54, 1.807) is 6.07 Å². The molecule has 2 heterocycles. The molecule has 3 rings (SSSR count). The Bertz CT molecular complexity index is 917. The molecule has 1 N–H and O–H groups in total. The number of nitrogens with one attached hydrogen (secondary N) is 1. The van der Waals surface area contributed by atoms with E-state index in [1.807, 2.05) is 0 Å². The second-order valence-corrected chi connectivity index (χ2v) is 6.62. The fraction of sp³-hybridized carbons (Fsp3) is 0.444. The number of amides is 2. The van der Waals surface area contributed by atoms with Crippen molar-refractivity contribution in [1.82, 2.24) is 25.2 Å². The van der Waals surface area contributed by atoms with Crippen LogP contribution < -0.4 is 14.8 Å². The highest BCUT2D eigenvalue weighted by Crippen LogP contribution is 2.35. The largest absolute Gasteiger partial charge is 0.497 e. The Morgan fingerprint density at radius 3 is 2.72 bits per heavy atom. The van der Waals surface area contributed by atoms with E-state index in [9.17, 15) is 18.4 Å². The quantitative estimate of drug-likeness (QED) is 0.770. The molecule has 9 nitrogen and oxygen atoms in total. The van der Waals surface area contributed by atoms with Crippen LogP contribution in [0.15, 0.2) is 24.4 Å². The number of hydrogen-bond donors (Lipinski definition) is 1. The molecule has 1 aliphatic rings. The topological polar surface area (TPSA) is 98.6 Å². The summed E-state index contributed by atoms with van der Waals surface area (Å²) in [5, 5.41) is 9.93. The van der Waals surface area contributed by atoms with Crippen LogP contribution in [0.3, 0.4) is 0 Å². The summed E-state index contributed by atoms with van der Waals surface area (Å²) in [5.41, 5.74) is 0.215. The minimum atomic E-state index is -3.04. The zero-order valence-corrected chi connectivity index (χ0v) is 16.2. The Morgan fingerprint density at radius 1 is 1.31 bits per heavy atom. The number of hydrogen-bond acceptors (Lipinski definition) is 6. The predicted molar refractivity (Wildman–Crippen MR) is 97.3 cm³/mol. The van der Waals surface area contributed by atoms with Crippen molar-refractivity contribution in [2.24, 2.45) is 0 Å². The van der Waals surface area contributed by atoms with E-state index in [0.717, 1.165) is 4.90 Å². The minimum absolute atomic E-state index is 0.0240. The molecule has 0 saturated carbocycles. The van der Waals surface area contributed by atoms with Gasteiger partial charge in [-0.2, -0.15) is 0 Å². The fourth-order valence-electron chi connectivity index (χ4n) is 3.26. The first-order valence-corrected chi connectivity index (χ1v) is 8.81. The molecule has 11 heteroatoms. The fourth-order valence-corrected chi connectivity index (χ4v) is 3.26. The van der Waals surface area contributed by atoms with E-state index < -0.39 is 36.7 Å².